The maximum atomic E-state index is 13.2. The third-order valence-electron chi connectivity index (χ3n) is 8.20. The summed E-state index contributed by atoms with van der Waals surface area (Å²) in [5.41, 5.74) is 10.9. The Bertz CT molecular complexity index is 2310. The molecular weight excluding hydrogens is 600 g/mol. The highest BCUT2D eigenvalue weighted by molar-refractivity contribution is 6.50. The molecule has 9 rings (SSSR count). The van der Waals surface area contributed by atoms with Crippen molar-refractivity contribution in [3.63, 3.8) is 0 Å². The smallest absolute Gasteiger partial charge is 0.227 e. The summed E-state index contributed by atoms with van der Waals surface area (Å²) in [6.45, 7) is 0. The summed E-state index contributed by atoms with van der Waals surface area (Å²) >= 11 is 0. The van der Waals surface area contributed by atoms with Crippen molar-refractivity contribution in [2.45, 2.75) is 0 Å². The van der Waals surface area contributed by atoms with E-state index < -0.39 is 0 Å². The second-order valence-corrected chi connectivity index (χ2v) is 11.6. The first-order chi connectivity index (χ1) is 23.5. The van der Waals surface area contributed by atoms with Gasteiger partial charge in [0.2, 0.25) is 11.6 Å². The Morgan fingerprint density at radius 2 is 0.625 bits per heavy atom. The maximum Gasteiger partial charge on any atom is 0.227 e. The van der Waals surface area contributed by atoms with Crippen molar-refractivity contribution in [2.24, 2.45) is 20.0 Å². The van der Waals surface area contributed by atoms with Crippen LogP contribution in [-0.2, 0) is 0 Å². The summed E-state index contributed by atoms with van der Waals surface area (Å²) in [7, 11) is 0. The number of hydrogen-bond donors (Lipinski definition) is 4. The van der Waals surface area contributed by atoms with Crippen LogP contribution in [0.1, 0.15) is 55.1 Å². The first-order valence-electron chi connectivity index (χ1n) is 15.3. The van der Waals surface area contributed by atoms with Gasteiger partial charge in [0.25, 0.3) is 0 Å². The minimum Gasteiger partial charge on any atom is -0.354 e. The van der Waals surface area contributed by atoms with Crippen molar-refractivity contribution in [2.75, 3.05) is 0 Å². The number of nitrogens with one attached hydrogen (secondary N) is 4. The van der Waals surface area contributed by atoms with E-state index in [0.29, 0.717) is 34.2 Å². The monoisotopic (exact) mass is 624 g/mol. The predicted molar refractivity (Wildman–Crippen MR) is 188 cm³/mol. The number of nitrogens with zero attached hydrogens (tertiary/aromatic N) is 4. The van der Waals surface area contributed by atoms with E-state index in [0.717, 1.165) is 57.0 Å². The van der Waals surface area contributed by atoms with Crippen LogP contribution in [0.25, 0.3) is 24.3 Å². The van der Waals surface area contributed by atoms with Crippen molar-refractivity contribution in [1.29, 1.82) is 0 Å². The molecule has 0 saturated heterocycles. The second-order valence-electron chi connectivity index (χ2n) is 11.6. The number of aliphatic imine (C=N–C) groups is 4. The first kappa shape index (κ1) is 27.4. The summed E-state index contributed by atoms with van der Waals surface area (Å²) in [6, 6.07) is 15.0. The number of aromatic nitrogens is 4. The number of allylic oxidation sites excluding steroid dienone is 8. The van der Waals surface area contributed by atoms with Crippen molar-refractivity contribution in [3.8, 4) is 0 Å². The lowest BCUT2D eigenvalue weighted by atomic mass is 10.2. The van der Waals surface area contributed by atoms with Gasteiger partial charge in [0, 0.05) is 22.8 Å². The van der Waals surface area contributed by atoms with Gasteiger partial charge in [-0.2, -0.15) is 0 Å². The number of aromatic amines is 4. The largest absolute Gasteiger partial charge is 0.354 e. The highest BCUT2D eigenvalue weighted by Crippen LogP contribution is 2.23. The van der Waals surface area contributed by atoms with Gasteiger partial charge in [-0.05, 0) is 121 Å². The first-order valence-corrected chi connectivity index (χ1v) is 15.3. The molecule has 0 aromatic carbocycles. The van der Waals surface area contributed by atoms with E-state index in [1.807, 2.05) is 97.2 Å². The third kappa shape index (κ3) is 5.13. The van der Waals surface area contributed by atoms with Gasteiger partial charge < -0.3 is 19.9 Å². The van der Waals surface area contributed by atoms with Gasteiger partial charge in [0.05, 0.1) is 57.0 Å². The van der Waals surface area contributed by atoms with Gasteiger partial charge in [-0.15, -0.1) is 0 Å². The van der Waals surface area contributed by atoms with Crippen LogP contribution in [0.3, 0.4) is 0 Å². The molecular formula is C38H24N8O2. The van der Waals surface area contributed by atoms with E-state index in [-0.39, 0.29) is 11.6 Å². The summed E-state index contributed by atoms with van der Waals surface area (Å²) in [5, 5.41) is 0. The molecule has 10 nitrogen and oxygen atoms in total. The molecule has 0 unspecified atom stereocenters. The molecule has 4 N–H and O–H groups in total. The van der Waals surface area contributed by atoms with Gasteiger partial charge in [-0.3, -0.25) is 9.59 Å². The number of H-pyrrole nitrogens is 4. The lowest BCUT2D eigenvalue weighted by Crippen LogP contribution is -2.10. The molecule has 0 fully saturated rings. The maximum absolute atomic E-state index is 13.2. The van der Waals surface area contributed by atoms with Crippen LogP contribution in [0.2, 0.25) is 0 Å². The molecule has 0 aliphatic carbocycles. The molecule has 4 aromatic heterocycles. The third-order valence-corrected chi connectivity index (χ3v) is 8.20. The van der Waals surface area contributed by atoms with Gasteiger partial charge in [0.15, 0.2) is 0 Å². The van der Waals surface area contributed by atoms with Crippen molar-refractivity contribution >= 4 is 58.7 Å². The van der Waals surface area contributed by atoms with E-state index in [1.54, 1.807) is 24.3 Å². The van der Waals surface area contributed by atoms with Crippen LogP contribution in [0.15, 0.2) is 140 Å². The van der Waals surface area contributed by atoms with Crippen LogP contribution in [-0.4, -0.2) is 54.3 Å². The Morgan fingerprint density at radius 3 is 1.00 bits per heavy atom. The molecule has 0 spiro atoms. The molecule has 5 aliphatic rings. The highest BCUT2D eigenvalue weighted by Gasteiger charge is 2.20. The Balaban J connectivity index is 1.07. The molecule has 0 amide bonds. The summed E-state index contributed by atoms with van der Waals surface area (Å²) in [5.74, 6) is -0.385. The topological polar surface area (TPSA) is 147 Å². The van der Waals surface area contributed by atoms with Crippen molar-refractivity contribution < 1.29 is 9.59 Å². The summed E-state index contributed by atoms with van der Waals surface area (Å²) in [6.07, 6.45) is 22.3. The molecule has 48 heavy (non-hydrogen) atoms. The van der Waals surface area contributed by atoms with Gasteiger partial charge >= 0.3 is 0 Å². The zero-order valence-electron chi connectivity index (χ0n) is 25.2. The van der Waals surface area contributed by atoms with E-state index >= 15 is 0 Å². The normalized spacial score (nSPS) is 17.9. The average Bonchev–Trinajstić information content (AvgIpc) is 3.91. The van der Waals surface area contributed by atoms with E-state index in [1.165, 1.54) is 0 Å². The Hall–Kier alpha value is -6.94. The standard InChI is InChI=1S/C38H24N8O2/c47-37-33-13-5-25(43-33)17-21-1-9-29(39-21)30-10-2-22(40-30)18-26-6-15-35(44-26)38(48)36-16-8-28(46-36)20-24-4-12-32(42-24)31-11-3-23(41-31)19-27-7-14-34(37)45-27/h1-20,39,42,44-45H. The van der Waals surface area contributed by atoms with Gasteiger partial charge in [-0.25, -0.2) is 20.0 Å². The number of Topliss-reactive ketones (excluding diaryl/α,β-unsaturated/α-hetero) is 2. The van der Waals surface area contributed by atoms with Gasteiger partial charge in [0.1, 0.15) is 11.4 Å². The van der Waals surface area contributed by atoms with Crippen molar-refractivity contribution in [1.82, 2.24) is 19.9 Å². The van der Waals surface area contributed by atoms with E-state index in [2.05, 4.69) is 29.9 Å². The van der Waals surface area contributed by atoms with E-state index in [9.17, 15) is 9.59 Å². The second kappa shape index (κ2) is 10.8. The number of hydrogen-bond acceptors (Lipinski definition) is 6. The quantitative estimate of drug-likeness (QED) is 0.175. The highest BCUT2D eigenvalue weighted by atomic mass is 16.1. The summed E-state index contributed by atoms with van der Waals surface area (Å²) in [4.78, 5) is 58.2. The molecule has 0 atom stereocenters. The predicted octanol–water partition coefficient (Wildman–Crippen LogP) is 6.58. The van der Waals surface area contributed by atoms with Crippen LogP contribution in [0.5, 0.6) is 0 Å². The van der Waals surface area contributed by atoms with Gasteiger partial charge in [-0.1, -0.05) is 0 Å². The number of carbonyl (C=O) groups excluding carboxylic acids is 2. The minimum absolute atomic E-state index is 0.192. The lowest BCUT2D eigenvalue weighted by molar-refractivity contribution is 0.105. The Morgan fingerprint density at radius 1 is 0.333 bits per heavy atom. The fraction of sp³-hybridized carbons (Fsp3) is 0. The minimum atomic E-state index is -0.192. The van der Waals surface area contributed by atoms with E-state index in [4.69, 9.17) is 9.98 Å². The average molecular weight is 625 g/mol. The Kier molecular flexibility index (Phi) is 6.19. The molecule has 16 bridgehead atoms. The fourth-order valence-electron chi connectivity index (χ4n) is 5.85. The molecule has 5 aliphatic heterocycles. The molecule has 9 heterocycles. The van der Waals surface area contributed by atoms with Crippen molar-refractivity contribution in [3.05, 3.63) is 165 Å². The van der Waals surface area contributed by atoms with Crippen LogP contribution >= 0.6 is 0 Å². The zero-order chi connectivity index (χ0) is 32.2. The molecule has 10 heteroatoms. The molecule has 0 saturated carbocycles. The fourth-order valence-corrected chi connectivity index (χ4v) is 5.85. The number of rotatable bonds is 0. The van der Waals surface area contributed by atoms with Crippen LogP contribution in [0, 0.1) is 0 Å². The number of ketones is 2. The lowest BCUT2D eigenvalue weighted by Gasteiger charge is -1.97. The molecule has 228 valence electrons. The Labute approximate surface area is 273 Å². The van der Waals surface area contributed by atoms with Crippen LogP contribution in [0.4, 0.5) is 0 Å². The van der Waals surface area contributed by atoms with Crippen LogP contribution < -0.4 is 0 Å². The molecule has 4 aromatic rings. The molecule has 0 radical (unpaired) electrons. The zero-order valence-corrected chi connectivity index (χ0v) is 25.2. The number of carbonyl (C=O) groups is 2. The number of fused-ring (bicyclic) bond motifs is 14. The summed E-state index contributed by atoms with van der Waals surface area (Å²) < 4.78 is 0. The SMILES string of the molecule is O=C1C2=NC(=Cc3ccc([nH]3)C3=NC(=Cc4ccc([nH]4)C(=O)C4=NC(=Cc5ccc([nH]5)C5=NC(=Cc6ccc1[nH]6)C=C5)C=C4)C=C3)C=C2.